The van der Waals surface area contributed by atoms with Gasteiger partial charge >= 0.3 is 5.97 Å². The fourth-order valence-corrected chi connectivity index (χ4v) is 1.47. The summed E-state index contributed by atoms with van der Waals surface area (Å²) in [5.41, 5.74) is 0. The third-order valence-corrected chi connectivity index (χ3v) is 2.44. The SMILES string of the molecule is CCOc1cncc(NC(CC(=O)O)C(C)C)n1. The lowest BCUT2D eigenvalue weighted by atomic mass is 10.0. The summed E-state index contributed by atoms with van der Waals surface area (Å²) in [5.74, 6) is 0.301. The predicted molar refractivity (Wildman–Crippen MR) is 67.7 cm³/mol. The second-order valence-electron chi connectivity index (χ2n) is 4.27. The molecule has 0 aliphatic rings. The quantitative estimate of drug-likeness (QED) is 0.770. The first-order valence-electron chi connectivity index (χ1n) is 5.96. The third kappa shape index (κ3) is 4.57. The average Bonchev–Trinajstić information content (AvgIpc) is 2.28. The zero-order chi connectivity index (χ0) is 13.5. The number of hydrogen-bond acceptors (Lipinski definition) is 5. The van der Waals surface area contributed by atoms with Crippen LogP contribution in [0.25, 0.3) is 0 Å². The van der Waals surface area contributed by atoms with Crippen molar-refractivity contribution in [2.24, 2.45) is 5.92 Å². The number of carbonyl (C=O) groups is 1. The molecule has 1 rings (SSSR count). The van der Waals surface area contributed by atoms with Crippen LogP contribution in [-0.2, 0) is 4.79 Å². The van der Waals surface area contributed by atoms with Crippen molar-refractivity contribution in [1.82, 2.24) is 9.97 Å². The summed E-state index contributed by atoms with van der Waals surface area (Å²) in [4.78, 5) is 19.0. The molecule has 6 nitrogen and oxygen atoms in total. The van der Waals surface area contributed by atoms with Gasteiger partial charge in [0.2, 0.25) is 5.88 Å². The topological polar surface area (TPSA) is 84.3 Å². The highest BCUT2D eigenvalue weighted by Gasteiger charge is 2.17. The molecule has 1 atom stereocenters. The number of anilines is 1. The van der Waals surface area contributed by atoms with Crippen molar-refractivity contribution < 1.29 is 14.6 Å². The number of nitrogens with one attached hydrogen (secondary N) is 1. The van der Waals surface area contributed by atoms with E-state index < -0.39 is 5.97 Å². The maximum Gasteiger partial charge on any atom is 0.305 e. The molecule has 1 aromatic heterocycles. The summed E-state index contributed by atoms with van der Waals surface area (Å²) in [7, 11) is 0. The lowest BCUT2D eigenvalue weighted by molar-refractivity contribution is -0.137. The average molecular weight is 253 g/mol. The Morgan fingerprint density at radius 2 is 2.22 bits per heavy atom. The van der Waals surface area contributed by atoms with Gasteiger partial charge < -0.3 is 15.2 Å². The Morgan fingerprint density at radius 1 is 1.50 bits per heavy atom. The number of aliphatic carboxylic acids is 1. The number of nitrogens with zero attached hydrogens (tertiary/aromatic N) is 2. The molecule has 6 heteroatoms. The van der Waals surface area contributed by atoms with E-state index in [1.807, 2.05) is 20.8 Å². The lowest BCUT2D eigenvalue weighted by Gasteiger charge is -2.21. The van der Waals surface area contributed by atoms with Crippen molar-refractivity contribution in [3.63, 3.8) is 0 Å². The Bertz CT molecular complexity index is 396. The molecular formula is C12H19N3O3. The van der Waals surface area contributed by atoms with Crippen LogP contribution in [0.3, 0.4) is 0 Å². The van der Waals surface area contributed by atoms with E-state index in [2.05, 4.69) is 15.3 Å². The molecule has 0 fully saturated rings. The predicted octanol–water partition coefficient (Wildman–Crippen LogP) is 1.79. The van der Waals surface area contributed by atoms with Crippen molar-refractivity contribution in [1.29, 1.82) is 0 Å². The van der Waals surface area contributed by atoms with Crippen LogP contribution in [0, 0.1) is 5.92 Å². The molecule has 0 aliphatic carbocycles. The Balaban J connectivity index is 2.73. The van der Waals surface area contributed by atoms with Gasteiger partial charge in [-0.2, -0.15) is 4.98 Å². The molecule has 18 heavy (non-hydrogen) atoms. The zero-order valence-electron chi connectivity index (χ0n) is 10.9. The van der Waals surface area contributed by atoms with Crippen molar-refractivity contribution in [2.75, 3.05) is 11.9 Å². The monoisotopic (exact) mass is 253 g/mol. The van der Waals surface area contributed by atoms with Crippen LogP contribution in [0.5, 0.6) is 5.88 Å². The molecule has 100 valence electrons. The van der Waals surface area contributed by atoms with Gasteiger partial charge in [0.15, 0.2) is 0 Å². The molecule has 0 aliphatic heterocycles. The van der Waals surface area contributed by atoms with Crippen LogP contribution >= 0.6 is 0 Å². The van der Waals surface area contributed by atoms with E-state index >= 15 is 0 Å². The highest BCUT2D eigenvalue weighted by Crippen LogP contribution is 2.15. The minimum atomic E-state index is -0.838. The first-order valence-corrected chi connectivity index (χ1v) is 5.96. The fourth-order valence-electron chi connectivity index (χ4n) is 1.47. The maximum absolute atomic E-state index is 10.8. The smallest absolute Gasteiger partial charge is 0.305 e. The van der Waals surface area contributed by atoms with Crippen LogP contribution in [0.4, 0.5) is 5.82 Å². The second-order valence-corrected chi connectivity index (χ2v) is 4.27. The van der Waals surface area contributed by atoms with Gasteiger partial charge in [-0.05, 0) is 12.8 Å². The first-order chi connectivity index (χ1) is 8.52. The number of hydrogen-bond donors (Lipinski definition) is 2. The molecule has 1 unspecified atom stereocenters. The number of rotatable bonds is 7. The summed E-state index contributed by atoms with van der Waals surface area (Å²) in [6.45, 7) is 6.30. The molecule has 0 saturated carbocycles. The molecule has 0 radical (unpaired) electrons. The molecule has 0 saturated heterocycles. The molecule has 0 spiro atoms. The van der Waals surface area contributed by atoms with Crippen molar-refractivity contribution in [3.8, 4) is 5.88 Å². The van der Waals surface area contributed by atoms with E-state index in [1.165, 1.54) is 6.20 Å². The molecular weight excluding hydrogens is 234 g/mol. The highest BCUT2D eigenvalue weighted by atomic mass is 16.5. The normalized spacial score (nSPS) is 12.2. The second kappa shape index (κ2) is 6.78. The third-order valence-electron chi connectivity index (χ3n) is 2.44. The van der Waals surface area contributed by atoms with Gasteiger partial charge in [0, 0.05) is 6.04 Å². The first kappa shape index (κ1) is 14.2. The highest BCUT2D eigenvalue weighted by molar-refractivity contribution is 5.68. The van der Waals surface area contributed by atoms with Crippen LogP contribution in [-0.4, -0.2) is 33.7 Å². The van der Waals surface area contributed by atoms with Gasteiger partial charge in [0.1, 0.15) is 5.82 Å². The fraction of sp³-hybridized carbons (Fsp3) is 0.583. The minimum absolute atomic E-state index is 0.0399. The maximum atomic E-state index is 10.8. The standard InChI is InChI=1S/C12H19N3O3/c1-4-18-11-7-13-6-10(15-11)14-9(8(2)3)5-12(16)17/h6-9H,4-5H2,1-3H3,(H,14,15)(H,16,17). The van der Waals surface area contributed by atoms with Gasteiger partial charge in [0.05, 0.1) is 25.4 Å². The van der Waals surface area contributed by atoms with Crippen LogP contribution in [0.1, 0.15) is 27.2 Å². The summed E-state index contributed by atoms with van der Waals surface area (Å²) in [6.07, 6.45) is 3.12. The Morgan fingerprint density at radius 3 is 2.78 bits per heavy atom. The molecule has 0 amide bonds. The van der Waals surface area contributed by atoms with E-state index in [0.29, 0.717) is 18.3 Å². The summed E-state index contributed by atoms with van der Waals surface area (Å²) >= 11 is 0. The van der Waals surface area contributed by atoms with Gasteiger partial charge in [0.25, 0.3) is 0 Å². The largest absolute Gasteiger partial charge is 0.481 e. The van der Waals surface area contributed by atoms with Crippen molar-refractivity contribution >= 4 is 11.8 Å². The molecule has 2 N–H and O–H groups in total. The van der Waals surface area contributed by atoms with Gasteiger partial charge in [-0.3, -0.25) is 9.78 Å². The Hall–Kier alpha value is -1.85. The number of carboxylic acid groups (broad SMARTS) is 1. The zero-order valence-corrected chi connectivity index (χ0v) is 10.9. The molecule has 0 aromatic carbocycles. The summed E-state index contributed by atoms with van der Waals surface area (Å²) in [5, 5.41) is 11.9. The number of aromatic nitrogens is 2. The van der Waals surface area contributed by atoms with Crippen molar-refractivity contribution in [3.05, 3.63) is 12.4 Å². The van der Waals surface area contributed by atoms with E-state index in [0.717, 1.165) is 0 Å². The van der Waals surface area contributed by atoms with E-state index in [9.17, 15) is 4.79 Å². The van der Waals surface area contributed by atoms with E-state index in [1.54, 1.807) is 6.20 Å². The Labute approximate surface area is 106 Å². The summed E-state index contributed by atoms with van der Waals surface area (Å²) < 4.78 is 5.24. The van der Waals surface area contributed by atoms with Crippen LogP contribution < -0.4 is 10.1 Å². The van der Waals surface area contributed by atoms with Crippen LogP contribution in [0.15, 0.2) is 12.4 Å². The van der Waals surface area contributed by atoms with Crippen LogP contribution in [0.2, 0.25) is 0 Å². The van der Waals surface area contributed by atoms with Crippen molar-refractivity contribution in [2.45, 2.75) is 33.2 Å². The minimum Gasteiger partial charge on any atom is -0.481 e. The number of ether oxygens (including phenoxy) is 1. The van der Waals surface area contributed by atoms with E-state index in [4.69, 9.17) is 9.84 Å². The van der Waals surface area contributed by atoms with Gasteiger partial charge in [-0.25, -0.2) is 0 Å². The Kier molecular flexibility index (Phi) is 5.35. The molecule has 1 aromatic rings. The van der Waals surface area contributed by atoms with E-state index in [-0.39, 0.29) is 18.4 Å². The van der Waals surface area contributed by atoms with Gasteiger partial charge in [-0.15, -0.1) is 0 Å². The summed E-state index contributed by atoms with van der Waals surface area (Å²) in [6, 6.07) is -0.186. The molecule has 0 bridgehead atoms. The van der Waals surface area contributed by atoms with Gasteiger partial charge in [-0.1, -0.05) is 13.8 Å². The lowest BCUT2D eigenvalue weighted by Crippen LogP contribution is -2.29. The number of carboxylic acids is 1. The molecule has 1 heterocycles.